The fraction of sp³-hybridized carbons (Fsp3) is 0.885. The Morgan fingerprint density at radius 1 is 0.914 bits per heavy atom. The lowest BCUT2D eigenvalue weighted by atomic mass is 9.82. The summed E-state index contributed by atoms with van der Waals surface area (Å²) < 4.78 is 29.2. The van der Waals surface area contributed by atoms with Gasteiger partial charge in [-0.15, -0.1) is 0 Å². The van der Waals surface area contributed by atoms with Crippen LogP contribution in [0.4, 0.5) is 0 Å². The Balaban J connectivity index is 3.05. The Hall–Kier alpha value is -1.71. The van der Waals surface area contributed by atoms with Crippen LogP contribution in [0.5, 0.6) is 0 Å². The largest absolute Gasteiger partial charge is 0.462 e. The highest BCUT2D eigenvalue weighted by molar-refractivity contribution is 5.73. The van der Waals surface area contributed by atoms with Crippen molar-refractivity contribution in [1.29, 1.82) is 0 Å². The van der Waals surface area contributed by atoms with E-state index in [2.05, 4.69) is 26.1 Å². The molecule has 9 heteroatoms. The number of hydrogen-bond acceptors (Lipinski definition) is 8. The van der Waals surface area contributed by atoms with Crippen molar-refractivity contribution in [2.45, 2.75) is 124 Å². The Morgan fingerprint density at radius 2 is 1.57 bits per heavy atom. The van der Waals surface area contributed by atoms with Crippen molar-refractivity contribution in [3.8, 4) is 0 Å². The van der Waals surface area contributed by atoms with Crippen LogP contribution >= 0.6 is 0 Å². The fourth-order valence-electron chi connectivity index (χ4n) is 4.38. The number of carbonyl (C=O) groups excluding carboxylic acids is 3. The van der Waals surface area contributed by atoms with Crippen LogP contribution in [0, 0.1) is 5.92 Å². The van der Waals surface area contributed by atoms with Crippen LogP contribution in [0.2, 0.25) is 0 Å². The molecule has 1 saturated heterocycles. The van der Waals surface area contributed by atoms with Crippen molar-refractivity contribution in [2.24, 2.45) is 5.92 Å². The summed E-state index contributed by atoms with van der Waals surface area (Å²) in [6, 6.07) is -0.362. The van der Waals surface area contributed by atoms with E-state index in [0.717, 1.165) is 32.1 Å². The fourth-order valence-corrected chi connectivity index (χ4v) is 4.38. The number of nitrogens with one attached hydrogen (secondary N) is 1. The summed E-state index contributed by atoms with van der Waals surface area (Å²) in [4.78, 5) is 34.9. The first kappa shape index (κ1) is 31.3. The van der Waals surface area contributed by atoms with Gasteiger partial charge in [-0.25, -0.2) is 0 Å². The molecule has 9 nitrogen and oxygen atoms in total. The molecule has 1 heterocycles. The lowest BCUT2D eigenvalue weighted by molar-refractivity contribution is -0.262. The second kappa shape index (κ2) is 17.7. The lowest BCUT2D eigenvalue weighted by Crippen LogP contribution is -2.61. The molecule has 0 saturated carbocycles. The molecule has 1 amide bonds. The van der Waals surface area contributed by atoms with Gasteiger partial charge in [-0.2, -0.15) is 0 Å². The number of rotatable bonds is 17. The van der Waals surface area contributed by atoms with Crippen LogP contribution < -0.4 is 5.32 Å². The number of unbranched alkanes of at least 4 members (excludes halogenated alkanes) is 2. The first-order valence-electron chi connectivity index (χ1n) is 13.2. The minimum Gasteiger partial charge on any atom is -0.462 e. The summed E-state index contributed by atoms with van der Waals surface area (Å²) in [5.74, 6) is -1.03. The second-order valence-corrected chi connectivity index (χ2v) is 9.22. The van der Waals surface area contributed by atoms with Gasteiger partial charge < -0.3 is 29.0 Å². The van der Waals surface area contributed by atoms with Crippen molar-refractivity contribution in [3.63, 3.8) is 0 Å². The van der Waals surface area contributed by atoms with E-state index in [1.54, 1.807) is 0 Å². The molecule has 0 spiro atoms. The van der Waals surface area contributed by atoms with Crippen LogP contribution in [0.3, 0.4) is 0 Å². The Labute approximate surface area is 210 Å². The summed E-state index contributed by atoms with van der Waals surface area (Å²) in [6.45, 7) is 11.6. The van der Waals surface area contributed by atoms with E-state index in [4.69, 9.17) is 23.7 Å². The maximum atomic E-state index is 12.1. The van der Waals surface area contributed by atoms with E-state index >= 15 is 0 Å². The van der Waals surface area contributed by atoms with Crippen LogP contribution in [-0.2, 0) is 38.1 Å². The molecule has 1 N–H and O–H groups in total. The number of hydrogen-bond donors (Lipinski definition) is 1. The Kier molecular flexibility index (Phi) is 15.8. The topological polar surface area (TPSA) is 109 Å². The SMILES string of the molecule is CCCCO[C@H]1OC(CC)[C@@H](OCCCC)[C@H](CCCC(COC(C)=O)OC(C)=O)C1NC(C)=O. The van der Waals surface area contributed by atoms with Crippen LogP contribution in [0.25, 0.3) is 0 Å². The highest BCUT2D eigenvalue weighted by atomic mass is 16.7. The zero-order chi connectivity index (χ0) is 26.2. The van der Waals surface area contributed by atoms with E-state index in [1.165, 1.54) is 20.8 Å². The van der Waals surface area contributed by atoms with Gasteiger partial charge in [-0.3, -0.25) is 14.4 Å². The molecule has 0 bridgehead atoms. The quantitative estimate of drug-likeness (QED) is 0.236. The minimum absolute atomic E-state index is 0.0224. The number of carbonyl (C=O) groups is 3. The van der Waals surface area contributed by atoms with E-state index in [9.17, 15) is 14.4 Å². The van der Waals surface area contributed by atoms with Gasteiger partial charge in [0.1, 0.15) is 12.7 Å². The zero-order valence-electron chi connectivity index (χ0n) is 22.5. The molecule has 1 aliphatic rings. The standard InChI is InChI=1S/C26H47NO8/c1-7-10-15-31-25-22(14-12-13-21(34-20(6)30)17-33-19(5)29)24(27-18(4)28)26(32-16-11-8-2)35-23(25)9-3/h21-26H,7-17H2,1-6H3,(H,27,28)/t21?,22-,23?,24?,25+,26+/m1/s1. The van der Waals surface area contributed by atoms with Gasteiger partial charge in [0.15, 0.2) is 6.29 Å². The van der Waals surface area contributed by atoms with Crippen LogP contribution in [-0.4, -0.2) is 68.3 Å². The van der Waals surface area contributed by atoms with Crippen molar-refractivity contribution >= 4 is 17.8 Å². The van der Waals surface area contributed by atoms with E-state index in [-0.39, 0.29) is 36.7 Å². The molecule has 0 aliphatic carbocycles. The Morgan fingerprint density at radius 3 is 2.11 bits per heavy atom. The summed E-state index contributed by atoms with van der Waals surface area (Å²) in [5.41, 5.74) is 0. The smallest absolute Gasteiger partial charge is 0.303 e. The highest BCUT2D eigenvalue weighted by Gasteiger charge is 2.46. The van der Waals surface area contributed by atoms with E-state index in [0.29, 0.717) is 32.5 Å². The van der Waals surface area contributed by atoms with E-state index in [1.807, 2.05) is 0 Å². The molecular formula is C26H47NO8. The van der Waals surface area contributed by atoms with Crippen LogP contribution in [0.15, 0.2) is 0 Å². The molecule has 1 rings (SSSR count). The minimum atomic E-state index is -0.559. The zero-order valence-corrected chi connectivity index (χ0v) is 22.5. The molecule has 1 fully saturated rings. The van der Waals surface area contributed by atoms with Gasteiger partial charge in [-0.05, 0) is 38.5 Å². The Bertz CT molecular complexity index is 628. The van der Waals surface area contributed by atoms with Gasteiger partial charge in [-0.1, -0.05) is 33.6 Å². The summed E-state index contributed by atoms with van der Waals surface area (Å²) >= 11 is 0. The van der Waals surface area contributed by atoms with E-state index < -0.39 is 24.3 Å². The van der Waals surface area contributed by atoms with Gasteiger partial charge in [0, 0.05) is 39.9 Å². The highest BCUT2D eigenvalue weighted by Crippen LogP contribution is 2.34. The molecular weight excluding hydrogens is 454 g/mol. The lowest BCUT2D eigenvalue weighted by Gasteiger charge is -2.47. The maximum absolute atomic E-state index is 12.1. The molecule has 0 radical (unpaired) electrons. The van der Waals surface area contributed by atoms with Crippen LogP contribution in [0.1, 0.15) is 92.9 Å². The average molecular weight is 502 g/mol. The number of ether oxygens (including phenoxy) is 5. The second-order valence-electron chi connectivity index (χ2n) is 9.22. The van der Waals surface area contributed by atoms with Crippen molar-refractivity contribution in [2.75, 3.05) is 19.8 Å². The van der Waals surface area contributed by atoms with Gasteiger partial charge >= 0.3 is 11.9 Å². The average Bonchev–Trinajstić information content (AvgIpc) is 2.79. The monoisotopic (exact) mass is 501 g/mol. The molecule has 204 valence electrons. The molecule has 0 aromatic heterocycles. The molecule has 0 aromatic rings. The number of amides is 1. The molecule has 3 unspecified atom stereocenters. The normalized spacial score (nSPS) is 25.0. The maximum Gasteiger partial charge on any atom is 0.303 e. The third-order valence-corrected chi connectivity index (χ3v) is 6.08. The van der Waals surface area contributed by atoms with Crippen molar-refractivity contribution in [3.05, 3.63) is 0 Å². The first-order valence-corrected chi connectivity index (χ1v) is 13.2. The third kappa shape index (κ3) is 12.2. The molecule has 6 atom stereocenters. The number of esters is 2. The van der Waals surface area contributed by atoms with Crippen molar-refractivity contribution < 1.29 is 38.1 Å². The molecule has 1 aliphatic heterocycles. The third-order valence-electron chi connectivity index (χ3n) is 6.08. The van der Waals surface area contributed by atoms with Crippen molar-refractivity contribution in [1.82, 2.24) is 5.32 Å². The summed E-state index contributed by atoms with van der Waals surface area (Å²) in [6.07, 6.45) is 5.11. The summed E-state index contributed by atoms with van der Waals surface area (Å²) in [7, 11) is 0. The predicted molar refractivity (Wildman–Crippen MR) is 132 cm³/mol. The molecule has 35 heavy (non-hydrogen) atoms. The first-order chi connectivity index (χ1) is 16.7. The predicted octanol–water partition coefficient (Wildman–Crippen LogP) is 3.91. The van der Waals surface area contributed by atoms with Gasteiger partial charge in [0.2, 0.25) is 5.91 Å². The summed E-state index contributed by atoms with van der Waals surface area (Å²) in [5, 5.41) is 3.06. The van der Waals surface area contributed by atoms with Gasteiger partial charge in [0.05, 0.1) is 18.2 Å². The molecule has 0 aromatic carbocycles. The van der Waals surface area contributed by atoms with Gasteiger partial charge in [0.25, 0.3) is 0 Å².